The van der Waals surface area contributed by atoms with Gasteiger partial charge in [-0.1, -0.05) is 6.92 Å². The number of aliphatic hydroxyl groups excluding tert-OH is 1. The van der Waals surface area contributed by atoms with E-state index in [2.05, 4.69) is 0 Å². The summed E-state index contributed by atoms with van der Waals surface area (Å²) in [4.78, 5) is 11.1. The summed E-state index contributed by atoms with van der Waals surface area (Å²) in [6, 6.07) is 3.78. The largest absolute Gasteiger partial charge is 0.493 e. The maximum absolute atomic E-state index is 11.1. The van der Waals surface area contributed by atoms with Gasteiger partial charge < -0.3 is 14.6 Å². The van der Waals surface area contributed by atoms with E-state index in [0.29, 0.717) is 17.1 Å². The summed E-state index contributed by atoms with van der Waals surface area (Å²) in [5.41, 5.74) is 2.62. The number of rotatable bonds is 4. The van der Waals surface area contributed by atoms with Crippen LogP contribution in [-0.2, 0) is 4.79 Å². The average molecular weight is 262 g/mol. The van der Waals surface area contributed by atoms with Crippen molar-refractivity contribution < 1.29 is 19.4 Å². The molecule has 1 aliphatic rings. The number of aldehydes is 1. The van der Waals surface area contributed by atoms with E-state index < -0.39 is 0 Å². The van der Waals surface area contributed by atoms with E-state index in [-0.39, 0.29) is 18.4 Å². The second-order valence-electron chi connectivity index (χ2n) is 4.68. The molecule has 0 radical (unpaired) electrons. The van der Waals surface area contributed by atoms with Crippen LogP contribution in [0.25, 0.3) is 6.08 Å². The minimum atomic E-state index is -0.164. The molecule has 0 spiro atoms. The predicted octanol–water partition coefficient (Wildman–Crippen LogP) is 2.01. The topological polar surface area (TPSA) is 55.8 Å². The van der Waals surface area contributed by atoms with Crippen LogP contribution in [0.15, 0.2) is 17.7 Å². The Bertz CT molecular complexity index is 519. The third-order valence-electron chi connectivity index (χ3n) is 3.77. The van der Waals surface area contributed by atoms with Gasteiger partial charge in [0.1, 0.15) is 6.29 Å². The second kappa shape index (κ2) is 5.45. The normalized spacial score (nSPS) is 21.4. The Morgan fingerprint density at radius 1 is 1.26 bits per heavy atom. The quantitative estimate of drug-likeness (QED) is 0.843. The molecule has 0 aliphatic heterocycles. The third-order valence-corrected chi connectivity index (χ3v) is 3.77. The van der Waals surface area contributed by atoms with Crippen LogP contribution in [0.3, 0.4) is 0 Å². The number of aliphatic hydroxyl groups is 1. The van der Waals surface area contributed by atoms with Crippen molar-refractivity contribution in [1.82, 2.24) is 0 Å². The van der Waals surface area contributed by atoms with E-state index in [1.54, 1.807) is 14.2 Å². The lowest BCUT2D eigenvalue weighted by Gasteiger charge is -2.29. The average Bonchev–Trinajstić information content (AvgIpc) is 2.45. The van der Waals surface area contributed by atoms with Crippen LogP contribution in [-0.4, -0.2) is 32.2 Å². The molecule has 0 fully saturated rings. The van der Waals surface area contributed by atoms with Crippen molar-refractivity contribution in [2.24, 2.45) is 5.92 Å². The monoisotopic (exact) mass is 262 g/mol. The zero-order valence-corrected chi connectivity index (χ0v) is 11.3. The summed E-state index contributed by atoms with van der Waals surface area (Å²) in [7, 11) is 3.17. The van der Waals surface area contributed by atoms with Crippen molar-refractivity contribution in [2.75, 3.05) is 20.8 Å². The number of methoxy groups -OCH3 is 2. The molecule has 0 saturated carbocycles. The fourth-order valence-electron chi connectivity index (χ4n) is 2.61. The molecule has 0 amide bonds. The molecular weight excluding hydrogens is 244 g/mol. The zero-order valence-electron chi connectivity index (χ0n) is 11.3. The van der Waals surface area contributed by atoms with Crippen LogP contribution < -0.4 is 9.47 Å². The van der Waals surface area contributed by atoms with E-state index in [0.717, 1.165) is 17.4 Å². The molecular formula is C15H18O4. The molecule has 2 atom stereocenters. The summed E-state index contributed by atoms with van der Waals surface area (Å²) in [5, 5.41) is 9.46. The van der Waals surface area contributed by atoms with Crippen LogP contribution in [0.5, 0.6) is 11.5 Å². The molecule has 1 aromatic rings. The van der Waals surface area contributed by atoms with Gasteiger partial charge in [0.15, 0.2) is 11.5 Å². The lowest BCUT2D eigenvalue weighted by atomic mass is 9.76. The van der Waals surface area contributed by atoms with Crippen molar-refractivity contribution >= 4 is 12.4 Å². The smallest absolute Gasteiger partial charge is 0.161 e. The fraction of sp³-hybridized carbons (Fsp3) is 0.400. The molecule has 0 unspecified atom stereocenters. The maximum Gasteiger partial charge on any atom is 0.161 e. The number of benzene rings is 1. The Labute approximate surface area is 112 Å². The van der Waals surface area contributed by atoms with E-state index in [1.165, 1.54) is 0 Å². The van der Waals surface area contributed by atoms with Crippen molar-refractivity contribution in [3.8, 4) is 11.5 Å². The van der Waals surface area contributed by atoms with Gasteiger partial charge in [-0.15, -0.1) is 0 Å². The van der Waals surface area contributed by atoms with Crippen molar-refractivity contribution in [3.05, 3.63) is 28.8 Å². The molecule has 0 bridgehead atoms. The van der Waals surface area contributed by atoms with Gasteiger partial charge in [-0.05, 0) is 40.8 Å². The molecule has 2 rings (SSSR count). The predicted molar refractivity (Wildman–Crippen MR) is 72.6 cm³/mol. The Hall–Kier alpha value is -1.81. The summed E-state index contributed by atoms with van der Waals surface area (Å²) >= 11 is 0. The van der Waals surface area contributed by atoms with Gasteiger partial charge in [0.05, 0.1) is 20.8 Å². The fourth-order valence-corrected chi connectivity index (χ4v) is 2.61. The van der Waals surface area contributed by atoms with Crippen LogP contribution in [0.2, 0.25) is 0 Å². The molecule has 0 heterocycles. The first-order valence-corrected chi connectivity index (χ1v) is 6.19. The lowest BCUT2D eigenvalue weighted by molar-refractivity contribution is -0.105. The number of hydrogen-bond donors (Lipinski definition) is 1. The van der Waals surface area contributed by atoms with Gasteiger partial charge in [0.25, 0.3) is 0 Å². The minimum Gasteiger partial charge on any atom is -0.493 e. The van der Waals surface area contributed by atoms with Gasteiger partial charge in [0, 0.05) is 5.92 Å². The number of ether oxygens (including phenoxy) is 2. The summed E-state index contributed by atoms with van der Waals surface area (Å²) in [6.45, 7) is 1.96. The van der Waals surface area contributed by atoms with Gasteiger partial charge in [-0.25, -0.2) is 0 Å². The third kappa shape index (κ3) is 2.24. The highest BCUT2D eigenvalue weighted by atomic mass is 16.5. The van der Waals surface area contributed by atoms with Crippen molar-refractivity contribution in [2.45, 2.75) is 12.8 Å². The summed E-state index contributed by atoms with van der Waals surface area (Å²) in [5.74, 6) is 1.19. The Morgan fingerprint density at radius 2 is 1.89 bits per heavy atom. The standard InChI is InChI=1S/C15H18O4/c1-9-12-6-15(19-3)14(18-2)5-10(12)4-11(7-16)13(9)8-17/h4-7,9,13,17H,8H2,1-3H3/t9-,13+/m0/s1. The number of carbonyl (C=O) groups is 1. The molecule has 1 aliphatic carbocycles. The Kier molecular flexibility index (Phi) is 3.90. The van der Waals surface area contributed by atoms with Crippen LogP contribution in [0, 0.1) is 5.92 Å². The first-order valence-electron chi connectivity index (χ1n) is 6.19. The van der Waals surface area contributed by atoms with Crippen LogP contribution >= 0.6 is 0 Å². The van der Waals surface area contributed by atoms with E-state index in [1.807, 2.05) is 25.1 Å². The number of carbonyl (C=O) groups excluding carboxylic acids is 1. The lowest BCUT2D eigenvalue weighted by Crippen LogP contribution is -2.22. The Morgan fingerprint density at radius 3 is 2.42 bits per heavy atom. The molecule has 0 saturated heterocycles. The summed E-state index contributed by atoms with van der Waals surface area (Å²) < 4.78 is 10.6. The van der Waals surface area contributed by atoms with Crippen LogP contribution in [0.4, 0.5) is 0 Å². The highest BCUT2D eigenvalue weighted by molar-refractivity contribution is 5.85. The zero-order chi connectivity index (χ0) is 14.0. The molecule has 102 valence electrons. The van der Waals surface area contributed by atoms with E-state index >= 15 is 0 Å². The molecule has 0 aromatic heterocycles. The maximum atomic E-state index is 11.1. The highest BCUT2D eigenvalue weighted by Gasteiger charge is 2.29. The van der Waals surface area contributed by atoms with Crippen molar-refractivity contribution in [1.29, 1.82) is 0 Å². The molecule has 1 N–H and O–H groups in total. The number of hydrogen-bond acceptors (Lipinski definition) is 4. The van der Waals surface area contributed by atoms with E-state index in [4.69, 9.17) is 9.47 Å². The van der Waals surface area contributed by atoms with Gasteiger partial charge in [0.2, 0.25) is 0 Å². The van der Waals surface area contributed by atoms with Crippen LogP contribution in [0.1, 0.15) is 24.0 Å². The van der Waals surface area contributed by atoms with Crippen molar-refractivity contribution in [3.63, 3.8) is 0 Å². The molecule has 1 aromatic carbocycles. The molecule has 19 heavy (non-hydrogen) atoms. The SMILES string of the molecule is COc1cc2c(cc1OC)[C@H](C)[C@@H](CO)C(C=O)=C2. The minimum absolute atomic E-state index is 0.0421. The van der Waals surface area contributed by atoms with Gasteiger partial charge in [-0.2, -0.15) is 0 Å². The second-order valence-corrected chi connectivity index (χ2v) is 4.68. The highest BCUT2D eigenvalue weighted by Crippen LogP contribution is 2.42. The van der Waals surface area contributed by atoms with Gasteiger partial charge in [-0.3, -0.25) is 4.79 Å². The summed E-state index contributed by atoms with van der Waals surface area (Å²) in [6.07, 6.45) is 2.63. The first kappa shape index (κ1) is 13.6. The first-order chi connectivity index (χ1) is 9.15. The molecule has 4 heteroatoms. The number of fused-ring (bicyclic) bond motifs is 1. The molecule has 4 nitrogen and oxygen atoms in total. The van der Waals surface area contributed by atoms with Gasteiger partial charge >= 0.3 is 0 Å². The Balaban J connectivity index is 2.59. The van der Waals surface area contributed by atoms with E-state index in [9.17, 15) is 9.90 Å².